The van der Waals surface area contributed by atoms with Gasteiger partial charge in [0.05, 0.1) is 0 Å². The van der Waals surface area contributed by atoms with Gasteiger partial charge >= 0.3 is 5.97 Å². The van der Waals surface area contributed by atoms with Gasteiger partial charge < -0.3 is 10.0 Å². The van der Waals surface area contributed by atoms with Crippen LogP contribution in [0.25, 0.3) is 0 Å². The Bertz CT molecular complexity index is 440. The van der Waals surface area contributed by atoms with E-state index in [1.54, 1.807) is 0 Å². The van der Waals surface area contributed by atoms with Gasteiger partial charge in [-0.25, -0.2) is 0 Å². The first-order chi connectivity index (χ1) is 8.25. The molecule has 90 valence electrons. The van der Waals surface area contributed by atoms with Crippen LogP contribution in [0.2, 0.25) is 0 Å². The molecule has 1 aliphatic heterocycles. The van der Waals surface area contributed by atoms with Gasteiger partial charge in [0.25, 0.3) is 0 Å². The van der Waals surface area contributed by atoms with Crippen LogP contribution in [0.3, 0.4) is 0 Å². The van der Waals surface area contributed by atoms with Crippen LogP contribution in [0.1, 0.15) is 30.7 Å². The molecular formula is C14H17NO2. The van der Waals surface area contributed by atoms with Crippen molar-refractivity contribution in [2.75, 3.05) is 18.0 Å². The van der Waals surface area contributed by atoms with Crippen LogP contribution in [-0.2, 0) is 4.79 Å². The van der Waals surface area contributed by atoms with Crippen LogP contribution in [0.5, 0.6) is 0 Å². The van der Waals surface area contributed by atoms with E-state index in [0.29, 0.717) is 6.54 Å². The third kappa shape index (κ3) is 1.79. The molecule has 1 unspecified atom stereocenters. The number of hydrogen-bond acceptors (Lipinski definition) is 2. The lowest BCUT2D eigenvalue weighted by Gasteiger charge is -2.31. The number of carbonyl (C=O) groups is 1. The molecule has 1 aliphatic carbocycles. The van der Waals surface area contributed by atoms with E-state index in [-0.39, 0.29) is 5.92 Å². The Labute approximate surface area is 101 Å². The molecule has 3 nitrogen and oxygen atoms in total. The zero-order chi connectivity index (χ0) is 11.8. The number of benzene rings is 1. The molecule has 2 aliphatic rings. The zero-order valence-electron chi connectivity index (χ0n) is 9.80. The summed E-state index contributed by atoms with van der Waals surface area (Å²) >= 11 is 0. The maximum absolute atomic E-state index is 11.3. The van der Waals surface area contributed by atoms with Crippen LogP contribution in [0.15, 0.2) is 24.3 Å². The predicted octanol–water partition coefficient (Wildman–Crippen LogP) is 2.47. The van der Waals surface area contributed by atoms with Gasteiger partial charge in [-0.15, -0.1) is 0 Å². The van der Waals surface area contributed by atoms with Gasteiger partial charge in [0.2, 0.25) is 0 Å². The minimum absolute atomic E-state index is 0.341. The Kier molecular flexibility index (Phi) is 2.54. The smallest absolute Gasteiger partial charge is 0.312 e. The first kappa shape index (κ1) is 10.6. The lowest BCUT2D eigenvalue weighted by molar-refractivity contribution is -0.138. The molecule has 1 aromatic carbocycles. The average Bonchev–Trinajstić information content (AvgIpc) is 2.63. The van der Waals surface area contributed by atoms with Crippen molar-refractivity contribution in [2.45, 2.75) is 25.2 Å². The molecule has 0 amide bonds. The van der Waals surface area contributed by atoms with E-state index in [1.807, 2.05) is 18.2 Å². The molecule has 0 saturated heterocycles. The summed E-state index contributed by atoms with van der Waals surface area (Å²) in [5.41, 5.74) is 2.12. The predicted molar refractivity (Wildman–Crippen MR) is 66.4 cm³/mol. The van der Waals surface area contributed by atoms with Crippen molar-refractivity contribution in [3.05, 3.63) is 29.8 Å². The number of carboxylic acids is 1. The minimum Gasteiger partial charge on any atom is -0.481 e. The largest absolute Gasteiger partial charge is 0.481 e. The third-order valence-corrected chi connectivity index (χ3v) is 4.06. The minimum atomic E-state index is -0.700. The molecule has 0 spiro atoms. The summed E-state index contributed by atoms with van der Waals surface area (Å²) in [6, 6.07) is 7.93. The monoisotopic (exact) mass is 231 g/mol. The molecular weight excluding hydrogens is 214 g/mol. The Hall–Kier alpha value is -1.51. The van der Waals surface area contributed by atoms with E-state index < -0.39 is 5.97 Å². The Morgan fingerprint density at radius 3 is 2.76 bits per heavy atom. The van der Waals surface area contributed by atoms with Crippen molar-refractivity contribution < 1.29 is 9.90 Å². The average molecular weight is 231 g/mol. The van der Waals surface area contributed by atoms with Crippen molar-refractivity contribution in [3.63, 3.8) is 0 Å². The molecule has 1 fully saturated rings. The molecule has 3 heteroatoms. The first-order valence-corrected chi connectivity index (χ1v) is 6.32. The molecule has 3 rings (SSSR count). The van der Waals surface area contributed by atoms with Crippen molar-refractivity contribution in [1.82, 2.24) is 0 Å². The van der Waals surface area contributed by atoms with Crippen molar-refractivity contribution in [1.29, 1.82) is 0 Å². The molecule has 1 heterocycles. The van der Waals surface area contributed by atoms with Gasteiger partial charge in [-0.05, 0) is 30.4 Å². The van der Waals surface area contributed by atoms with E-state index in [4.69, 9.17) is 0 Å². The highest BCUT2D eigenvalue weighted by molar-refractivity contribution is 5.82. The van der Waals surface area contributed by atoms with Crippen molar-refractivity contribution in [3.8, 4) is 0 Å². The standard InChI is InChI=1S/C14H17NO2/c16-14(17)12-9-15(8-10-4-3-5-10)13-7-2-1-6-11(12)13/h1-2,6-7,10,12H,3-5,8-9H2,(H,16,17). The topological polar surface area (TPSA) is 40.5 Å². The molecule has 0 radical (unpaired) electrons. The van der Waals surface area contributed by atoms with Crippen LogP contribution < -0.4 is 4.90 Å². The Balaban J connectivity index is 1.85. The normalized spacial score (nSPS) is 23.3. The zero-order valence-corrected chi connectivity index (χ0v) is 9.80. The quantitative estimate of drug-likeness (QED) is 0.868. The van der Waals surface area contributed by atoms with E-state index in [9.17, 15) is 9.90 Å². The number of hydrogen-bond donors (Lipinski definition) is 1. The van der Waals surface area contributed by atoms with Crippen molar-refractivity contribution in [2.24, 2.45) is 5.92 Å². The lowest BCUT2D eigenvalue weighted by Crippen LogP contribution is -2.32. The number of nitrogens with zero attached hydrogens (tertiary/aromatic N) is 1. The number of aliphatic carboxylic acids is 1. The highest BCUT2D eigenvalue weighted by Crippen LogP contribution is 2.38. The second-order valence-electron chi connectivity index (χ2n) is 5.15. The summed E-state index contributed by atoms with van der Waals surface area (Å²) in [4.78, 5) is 13.5. The number of carboxylic acid groups (broad SMARTS) is 1. The summed E-state index contributed by atoms with van der Waals surface area (Å²) in [6.07, 6.45) is 3.94. The highest BCUT2D eigenvalue weighted by atomic mass is 16.4. The maximum atomic E-state index is 11.3. The summed E-state index contributed by atoms with van der Waals surface area (Å²) in [7, 11) is 0. The van der Waals surface area contributed by atoms with Gasteiger partial charge in [-0.1, -0.05) is 24.6 Å². The lowest BCUT2D eigenvalue weighted by atomic mass is 9.85. The summed E-state index contributed by atoms with van der Waals surface area (Å²) in [6.45, 7) is 1.67. The molecule has 1 atom stereocenters. The van der Waals surface area contributed by atoms with E-state index in [2.05, 4.69) is 11.0 Å². The van der Waals surface area contributed by atoms with Crippen LogP contribution in [-0.4, -0.2) is 24.2 Å². The van der Waals surface area contributed by atoms with Gasteiger partial charge in [0, 0.05) is 18.8 Å². The van der Waals surface area contributed by atoms with Crippen LogP contribution in [0, 0.1) is 5.92 Å². The van der Waals surface area contributed by atoms with E-state index in [1.165, 1.54) is 19.3 Å². The maximum Gasteiger partial charge on any atom is 0.312 e. The molecule has 17 heavy (non-hydrogen) atoms. The fraction of sp³-hybridized carbons (Fsp3) is 0.500. The number of anilines is 1. The van der Waals surface area contributed by atoms with Gasteiger partial charge in [0.1, 0.15) is 5.92 Å². The molecule has 0 bridgehead atoms. The molecule has 0 aromatic heterocycles. The highest BCUT2D eigenvalue weighted by Gasteiger charge is 2.34. The molecule has 1 N–H and O–H groups in total. The van der Waals surface area contributed by atoms with Crippen LogP contribution >= 0.6 is 0 Å². The number of para-hydroxylation sites is 1. The van der Waals surface area contributed by atoms with E-state index >= 15 is 0 Å². The first-order valence-electron chi connectivity index (χ1n) is 6.32. The van der Waals surface area contributed by atoms with Gasteiger partial charge in [0.15, 0.2) is 0 Å². The van der Waals surface area contributed by atoms with Gasteiger partial charge in [-0.2, -0.15) is 0 Å². The second-order valence-corrected chi connectivity index (χ2v) is 5.15. The summed E-state index contributed by atoms with van der Waals surface area (Å²) in [5, 5.41) is 9.26. The Morgan fingerprint density at radius 1 is 1.35 bits per heavy atom. The fourth-order valence-corrected chi connectivity index (χ4v) is 2.86. The fourth-order valence-electron chi connectivity index (χ4n) is 2.86. The third-order valence-electron chi connectivity index (χ3n) is 4.06. The Morgan fingerprint density at radius 2 is 2.12 bits per heavy atom. The second kappa shape index (κ2) is 4.06. The number of rotatable bonds is 3. The summed E-state index contributed by atoms with van der Waals surface area (Å²) < 4.78 is 0. The SMILES string of the molecule is O=C(O)C1CN(CC2CCC2)c2ccccc21. The van der Waals surface area contributed by atoms with Crippen molar-refractivity contribution >= 4 is 11.7 Å². The summed E-state index contributed by atoms with van der Waals surface area (Å²) in [5.74, 6) is -0.268. The molecule has 1 aromatic rings. The van der Waals surface area contributed by atoms with Crippen LogP contribution in [0.4, 0.5) is 5.69 Å². The number of fused-ring (bicyclic) bond motifs is 1. The van der Waals surface area contributed by atoms with Gasteiger partial charge in [-0.3, -0.25) is 4.79 Å². The molecule has 1 saturated carbocycles. The van der Waals surface area contributed by atoms with E-state index in [0.717, 1.165) is 23.7 Å².